The molecule has 5 rings (SSSR count). The van der Waals surface area contributed by atoms with Crippen LogP contribution >= 0.6 is 11.3 Å². The fourth-order valence-corrected chi connectivity index (χ4v) is 5.42. The summed E-state index contributed by atoms with van der Waals surface area (Å²) in [5, 5.41) is 13.8. The van der Waals surface area contributed by atoms with Crippen molar-refractivity contribution in [3.63, 3.8) is 0 Å². The van der Waals surface area contributed by atoms with Gasteiger partial charge in [-0.05, 0) is 68.6 Å². The highest BCUT2D eigenvalue weighted by Crippen LogP contribution is 2.52. The lowest BCUT2D eigenvalue weighted by Crippen LogP contribution is -2.42. The van der Waals surface area contributed by atoms with Gasteiger partial charge in [0.15, 0.2) is 0 Å². The van der Waals surface area contributed by atoms with E-state index in [9.17, 15) is 9.50 Å². The molecule has 5 heteroatoms. The van der Waals surface area contributed by atoms with E-state index in [4.69, 9.17) is 4.74 Å². The smallest absolute Gasteiger partial charge is 0.125 e. The van der Waals surface area contributed by atoms with Gasteiger partial charge in [-0.1, -0.05) is 12.1 Å². The molecule has 1 aliphatic rings. The molecule has 3 heterocycles. The third-order valence-electron chi connectivity index (χ3n) is 5.97. The SMILES string of the molecule is CC1(C)OCC(C)(c2cccs2)c2c1n(-c1ccc(F)cc1)c1cccc(O)c21. The number of hydrogen-bond donors (Lipinski definition) is 1. The van der Waals surface area contributed by atoms with Crippen LogP contribution in [0, 0.1) is 5.82 Å². The molecule has 0 spiro atoms. The van der Waals surface area contributed by atoms with Crippen molar-refractivity contribution in [3.8, 4) is 11.4 Å². The molecule has 0 fully saturated rings. The van der Waals surface area contributed by atoms with Gasteiger partial charge in [-0.15, -0.1) is 11.3 Å². The maximum Gasteiger partial charge on any atom is 0.125 e. The minimum absolute atomic E-state index is 0.250. The van der Waals surface area contributed by atoms with Crippen LogP contribution in [-0.2, 0) is 15.8 Å². The van der Waals surface area contributed by atoms with Gasteiger partial charge >= 0.3 is 0 Å². The molecular formula is C24H22FNO2S. The average Bonchev–Trinajstić information content (AvgIpc) is 3.34. The molecule has 2 aromatic heterocycles. The molecule has 4 aromatic rings. The highest BCUT2D eigenvalue weighted by Gasteiger charge is 2.47. The number of phenolic OH excluding ortho intramolecular Hbond substituents is 1. The molecular weight excluding hydrogens is 385 g/mol. The van der Waals surface area contributed by atoms with Crippen LogP contribution in [0.1, 0.15) is 36.9 Å². The highest BCUT2D eigenvalue weighted by molar-refractivity contribution is 7.10. The molecule has 29 heavy (non-hydrogen) atoms. The second kappa shape index (κ2) is 6.18. The average molecular weight is 408 g/mol. The number of aromatic hydroxyl groups is 1. The van der Waals surface area contributed by atoms with Crippen molar-refractivity contribution >= 4 is 22.2 Å². The fourth-order valence-electron chi connectivity index (χ4n) is 4.54. The van der Waals surface area contributed by atoms with E-state index in [0.717, 1.165) is 27.8 Å². The second-order valence-corrected chi connectivity index (χ2v) is 9.26. The first-order valence-electron chi connectivity index (χ1n) is 9.64. The number of phenols is 1. The van der Waals surface area contributed by atoms with E-state index in [2.05, 4.69) is 36.8 Å². The van der Waals surface area contributed by atoms with E-state index >= 15 is 0 Å². The predicted molar refractivity (Wildman–Crippen MR) is 115 cm³/mol. The number of rotatable bonds is 2. The second-order valence-electron chi connectivity index (χ2n) is 8.32. The summed E-state index contributed by atoms with van der Waals surface area (Å²) in [4.78, 5) is 1.19. The largest absolute Gasteiger partial charge is 0.507 e. The topological polar surface area (TPSA) is 34.4 Å². The van der Waals surface area contributed by atoms with E-state index in [-0.39, 0.29) is 11.6 Å². The van der Waals surface area contributed by atoms with E-state index in [1.165, 1.54) is 17.0 Å². The van der Waals surface area contributed by atoms with Crippen LogP contribution in [0.25, 0.3) is 16.6 Å². The van der Waals surface area contributed by atoms with Gasteiger partial charge in [0.2, 0.25) is 0 Å². The van der Waals surface area contributed by atoms with Gasteiger partial charge in [-0.3, -0.25) is 0 Å². The van der Waals surface area contributed by atoms with E-state index < -0.39 is 11.0 Å². The van der Waals surface area contributed by atoms with Crippen LogP contribution in [0.5, 0.6) is 5.75 Å². The van der Waals surface area contributed by atoms with Gasteiger partial charge in [0, 0.05) is 21.5 Å². The zero-order valence-corrected chi connectivity index (χ0v) is 17.4. The van der Waals surface area contributed by atoms with Crippen LogP contribution in [0.2, 0.25) is 0 Å². The molecule has 0 amide bonds. The Labute approximate surface area is 173 Å². The summed E-state index contributed by atoms with van der Waals surface area (Å²) < 4.78 is 22.2. The number of thiophene rings is 1. The Bertz CT molecular complexity index is 1210. The number of nitrogens with zero attached hydrogens (tertiary/aromatic N) is 1. The fraction of sp³-hybridized carbons (Fsp3) is 0.250. The minimum atomic E-state index is -0.577. The van der Waals surface area contributed by atoms with E-state index in [1.54, 1.807) is 29.5 Å². The first-order chi connectivity index (χ1) is 13.8. The minimum Gasteiger partial charge on any atom is -0.507 e. The first-order valence-corrected chi connectivity index (χ1v) is 10.5. The number of hydrogen-bond acceptors (Lipinski definition) is 3. The van der Waals surface area contributed by atoms with Crippen molar-refractivity contribution in [2.24, 2.45) is 0 Å². The Morgan fingerprint density at radius 3 is 2.48 bits per heavy atom. The molecule has 1 aliphatic heterocycles. The number of benzene rings is 2. The summed E-state index contributed by atoms with van der Waals surface area (Å²) in [6.45, 7) is 6.80. The number of fused-ring (bicyclic) bond motifs is 3. The standard InChI is InChI=1S/C24H22FNO2S/c1-23(2)22-21(24(3,14-28-23)19-8-5-13-29-19)20-17(6-4-7-18(20)27)26(22)16-11-9-15(25)10-12-16/h4-13,27H,14H2,1-3H3. The third-order valence-corrected chi connectivity index (χ3v) is 7.10. The number of aromatic nitrogens is 1. The Morgan fingerprint density at radius 2 is 1.79 bits per heavy atom. The third kappa shape index (κ3) is 2.57. The Morgan fingerprint density at radius 1 is 1.03 bits per heavy atom. The Balaban J connectivity index is 1.96. The van der Waals surface area contributed by atoms with Crippen LogP contribution < -0.4 is 0 Å². The van der Waals surface area contributed by atoms with Gasteiger partial charge in [-0.25, -0.2) is 4.39 Å². The molecule has 0 aliphatic carbocycles. The lowest BCUT2D eigenvalue weighted by Gasteiger charge is -2.42. The summed E-state index contributed by atoms with van der Waals surface area (Å²) >= 11 is 1.69. The van der Waals surface area contributed by atoms with Gasteiger partial charge in [0.25, 0.3) is 0 Å². The maximum atomic E-state index is 13.6. The predicted octanol–water partition coefficient (Wildman–Crippen LogP) is 6.11. The molecule has 3 nitrogen and oxygen atoms in total. The molecule has 0 saturated heterocycles. The number of ether oxygens (including phenoxy) is 1. The zero-order chi connectivity index (χ0) is 20.4. The molecule has 1 atom stereocenters. The van der Waals surface area contributed by atoms with Crippen molar-refractivity contribution in [2.75, 3.05) is 6.61 Å². The molecule has 148 valence electrons. The van der Waals surface area contributed by atoms with Crippen molar-refractivity contribution in [1.29, 1.82) is 0 Å². The molecule has 1 unspecified atom stereocenters. The van der Waals surface area contributed by atoms with Gasteiger partial charge in [0.05, 0.1) is 23.2 Å². The summed E-state index contributed by atoms with van der Waals surface area (Å²) in [6, 6.07) is 16.2. The normalized spacial score (nSPS) is 20.7. The van der Waals surface area contributed by atoms with E-state index in [1.807, 2.05) is 18.2 Å². The van der Waals surface area contributed by atoms with Crippen molar-refractivity contribution < 1.29 is 14.2 Å². The van der Waals surface area contributed by atoms with Gasteiger partial charge < -0.3 is 14.4 Å². The van der Waals surface area contributed by atoms with Gasteiger partial charge in [-0.2, -0.15) is 0 Å². The van der Waals surface area contributed by atoms with E-state index in [0.29, 0.717) is 6.61 Å². The Hall–Kier alpha value is -2.63. The monoisotopic (exact) mass is 407 g/mol. The van der Waals surface area contributed by atoms with Crippen molar-refractivity contribution in [1.82, 2.24) is 4.57 Å². The molecule has 2 aromatic carbocycles. The van der Waals surface area contributed by atoms with Crippen LogP contribution in [0.4, 0.5) is 4.39 Å². The van der Waals surface area contributed by atoms with Crippen molar-refractivity contribution in [2.45, 2.75) is 31.8 Å². The summed E-state index contributed by atoms with van der Waals surface area (Å²) in [7, 11) is 0. The lowest BCUT2D eigenvalue weighted by molar-refractivity contribution is -0.0576. The van der Waals surface area contributed by atoms with Crippen molar-refractivity contribution in [3.05, 3.63) is 81.9 Å². The molecule has 0 bridgehead atoms. The zero-order valence-electron chi connectivity index (χ0n) is 16.6. The number of halogens is 1. The highest BCUT2D eigenvalue weighted by atomic mass is 32.1. The Kier molecular flexibility index (Phi) is 3.92. The van der Waals surface area contributed by atoms with Crippen LogP contribution in [0.3, 0.4) is 0 Å². The maximum absolute atomic E-state index is 13.6. The first kappa shape index (κ1) is 18.4. The molecule has 1 N–H and O–H groups in total. The summed E-state index contributed by atoms with van der Waals surface area (Å²) in [5.74, 6) is -0.0269. The van der Waals surface area contributed by atoms with Crippen LogP contribution in [0.15, 0.2) is 60.0 Å². The molecule has 0 radical (unpaired) electrons. The van der Waals surface area contributed by atoms with Crippen LogP contribution in [-0.4, -0.2) is 16.3 Å². The summed E-state index contributed by atoms with van der Waals surface area (Å²) in [6.07, 6.45) is 0. The molecule has 0 saturated carbocycles. The lowest BCUT2D eigenvalue weighted by atomic mass is 9.75. The van der Waals surface area contributed by atoms with Gasteiger partial charge in [0.1, 0.15) is 17.2 Å². The summed E-state index contributed by atoms with van der Waals surface area (Å²) in [5.41, 5.74) is 2.82. The quantitative estimate of drug-likeness (QED) is 0.435.